The van der Waals surface area contributed by atoms with Crippen molar-refractivity contribution >= 4 is 19.4 Å². The maximum absolute atomic E-state index is 13.1. The van der Waals surface area contributed by atoms with Gasteiger partial charge in [0.1, 0.15) is 6.04 Å². The molecule has 0 radical (unpaired) electrons. The van der Waals surface area contributed by atoms with Crippen molar-refractivity contribution in [1.82, 2.24) is 10.6 Å². The quantitative estimate of drug-likeness (QED) is 0.249. The molecule has 1 saturated carbocycles. The molecule has 2 aromatic rings. The van der Waals surface area contributed by atoms with Gasteiger partial charge in [-0.15, -0.1) is 0 Å². The number of hydrogen-bond donors (Lipinski definition) is 4. The third-order valence-corrected chi connectivity index (χ3v) is 9.04. The maximum Gasteiger partial charge on any atom is 0.328 e. The van der Waals surface area contributed by atoms with Gasteiger partial charge in [-0.1, -0.05) is 92.3 Å². The zero-order chi connectivity index (χ0) is 27.4. The highest BCUT2D eigenvalue weighted by Gasteiger charge is 2.30. The molecule has 0 aromatic heterocycles. The lowest BCUT2D eigenvalue weighted by Gasteiger charge is -2.27. The van der Waals surface area contributed by atoms with E-state index in [4.69, 9.17) is 0 Å². The summed E-state index contributed by atoms with van der Waals surface area (Å²) in [6.07, 6.45) is 7.81. The average molecular weight is 543 g/mol. The van der Waals surface area contributed by atoms with E-state index in [1.165, 1.54) is 6.42 Å². The van der Waals surface area contributed by atoms with Gasteiger partial charge >= 0.3 is 7.60 Å². The molecular weight excluding hydrogens is 499 g/mol. The van der Waals surface area contributed by atoms with E-state index in [0.717, 1.165) is 42.4 Å². The molecule has 2 amide bonds. The number of hydrogen-bond acceptors (Lipinski definition) is 3. The lowest BCUT2D eigenvalue weighted by atomic mass is 9.84. The molecule has 38 heavy (non-hydrogen) atoms. The predicted molar refractivity (Wildman–Crippen MR) is 151 cm³/mol. The van der Waals surface area contributed by atoms with Crippen LogP contribution in [0.5, 0.6) is 0 Å². The first kappa shape index (κ1) is 30.1. The fourth-order valence-electron chi connectivity index (χ4n) is 5.22. The van der Waals surface area contributed by atoms with Gasteiger partial charge in [-0.05, 0) is 56.1 Å². The van der Waals surface area contributed by atoms with E-state index in [2.05, 4.69) is 10.6 Å². The molecule has 0 aliphatic heterocycles. The Hall–Kier alpha value is -2.47. The second-order valence-electron chi connectivity index (χ2n) is 10.7. The normalized spacial score (nSPS) is 16.0. The Morgan fingerprint density at radius 3 is 2.24 bits per heavy atom. The molecule has 3 rings (SSSR count). The van der Waals surface area contributed by atoms with Crippen LogP contribution in [0.1, 0.15) is 74.5 Å². The SMILES string of the molecule is Cc1ccc(CCC(CCC(=O)N[C@@H](CC2CCCCC2)C(=O)NCCc2ccccc2)P(=O)(O)O)cc1. The summed E-state index contributed by atoms with van der Waals surface area (Å²) in [7, 11) is -4.36. The van der Waals surface area contributed by atoms with E-state index in [1.54, 1.807) is 0 Å². The van der Waals surface area contributed by atoms with Crippen LogP contribution in [-0.4, -0.2) is 39.8 Å². The third-order valence-electron chi connectivity index (χ3n) is 7.57. The molecule has 8 heteroatoms. The van der Waals surface area contributed by atoms with Crippen LogP contribution in [0.25, 0.3) is 0 Å². The van der Waals surface area contributed by atoms with E-state index < -0.39 is 19.3 Å². The molecule has 208 valence electrons. The van der Waals surface area contributed by atoms with Gasteiger partial charge in [-0.2, -0.15) is 0 Å². The Kier molecular flexibility index (Phi) is 12.0. The molecule has 0 heterocycles. The molecule has 2 aromatic carbocycles. The van der Waals surface area contributed by atoms with Crippen molar-refractivity contribution in [2.45, 2.75) is 89.3 Å². The minimum Gasteiger partial charge on any atom is -0.354 e. The summed E-state index contributed by atoms with van der Waals surface area (Å²) >= 11 is 0. The van der Waals surface area contributed by atoms with Crippen molar-refractivity contribution in [3.8, 4) is 0 Å². The van der Waals surface area contributed by atoms with Crippen LogP contribution in [0.2, 0.25) is 0 Å². The van der Waals surface area contributed by atoms with Gasteiger partial charge in [0.25, 0.3) is 0 Å². The highest BCUT2D eigenvalue weighted by atomic mass is 31.2. The fraction of sp³-hybridized carbons (Fsp3) is 0.533. The van der Waals surface area contributed by atoms with Gasteiger partial charge in [0.05, 0.1) is 5.66 Å². The summed E-state index contributed by atoms with van der Waals surface area (Å²) in [5, 5.41) is 5.88. The van der Waals surface area contributed by atoms with Crippen molar-refractivity contribution in [3.05, 3.63) is 71.3 Å². The summed E-state index contributed by atoms with van der Waals surface area (Å²) in [6, 6.07) is 17.2. The van der Waals surface area contributed by atoms with Crippen molar-refractivity contribution < 1.29 is 23.9 Å². The van der Waals surface area contributed by atoms with Crippen molar-refractivity contribution in [2.75, 3.05) is 6.54 Å². The van der Waals surface area contributed by atoms with E-state index in [1.807, 2.05) is 61.5 Å². The first-order chi connectivity index (χ1) is 18.2. The first-order valence-corrected chi connectivity index (χ1v) is 15.6. The molecule has 4 N–H and O–H groups in total. The van der Waals surface area contributed by atoms with Crippen molar-refractivity contribution in [1.29, 1.82) is 0 Å². The standard InChI is InChI=1S/C30H43N2O5P/c1-23-12-14-25(15-13-23)16-17-27(38(35,36)37)18-19-29(33)32-28(22-26-10-6-3-7-11-26)30(34)31-21-20-24-8-4-2-5-9-24/h2,4-5,8-9,12-15,26-28H,3,6-7,10-11,16-22H2,1H3,(H,31,34)(H,32,33)(H2,35,36,37)/t27?,28-/m0/s1. The van der Waals surface area contributed by atoms with Crippen LogP contribution in [-0.2, 0) is 27.0 Å². The highest BCUT2D eigenvalue weighted by Crippen LogP contribution is 2.45. The number of aryl methyl sites for hydroxylation is 2. The number of rotatable bonds is 14. The Bertz CT molecular complexity index is 1050. The zero-order valence-electron chi connectivity index (χ0n) is 22.5. The second-order valence-corrected chi connectivity index (χ2v) is 12.6. The molecule has 0 spiro atoms. The van der Waals surface area contributed by atoms with Crippen LogP contribution in [0.3, 0.4) is 0 Å². The minimum absolute atomic E-state index is 0.0257. The van der Waals surface area contributed by atoms with Gasteiger partial charge < -0.3 is 20.4 Å². The summed E-state index contributed by atoms with van der Waals surface area (Å²) in [5.74, 6) is -0.130. The van der Waals surface area contributed by atoms with Crippen LogP contribution in [0.4, 0.5) is 0 Å². The Morgan fingerprint density at radius 1 is 0.921 bits per heavy atom. The molecule has 0 bridgehead atoms. The van der Waals surface area contributed by atoms with E-state index >= 15 is 0 Å². The molecule has 0 saturated heterocycles. The second kappa shape index (κ2) is 15.2. The molecule has 1 unspecified atom stereocenters. The summed E-state index contributed by atoms with van der Waals surface area (Å²) in [4.78, 5) is 45.8. The summed E-state index contributed by atoms with van der Waals surface area (Å²) in [6.45, 7) is 2.48. The van der Waals surface area contributed by atoms with Gasteiger partial charge in [0.2, 0.25) is 11.8 Å². The zero-order valence-corrected chi connectivity index (χ0v) is 23.4. The van der Waals surface area contributed by atoms with Crippen LogP contribution in [0, 0.1) is 12.8 Å². The Balaban J connectivity index is 1.54. The summed E-state index contributed by atoms with van der Waals surface area (Å²) < 4.78 is 12.1. The van der Waals surface area contributed by atoms with Crippen LogP contribution >= 0.6 is 7.60 Å². The Labute approximate surface area is 227 Å². The predicted octanol–water partition coefficient (Wildman–Crippen LogP) is 5.07. The monoisotopic (exact) mass is 542 g/mol. The molecule has 1 fully saturated rings. The Morgan fingerprint density at radius 2 is 1.58 bits per heavy atom. The average Bonchev–Trinajstić information content (AvgIpc) is 2.89. The molecular formula is C30H43N2O5P. The number of nitrogens with one attached hydrogen (secondary N) is 2. The first-order valence-electron chi connectivity index (χ1n) is 13.9. The van der Waals surface area contributed by atoms with Gasteiger partial charge in [-0.3, -0.25) is 14.2 Å². The van der Waals surface area contributed by atoms with Gasteiger partial charge in [-0.25, -0.2) is 0 Å². The van der Waals surface area contributed by atoms with Gasteiger partial charge in [0, 0.05) is 13.0 Å². The molecule has 1 aliphatic rings. The number of benzene rings is 2. The lowest BCUT2D eigenvalue weighted by Crippen LogP contribution is -2.48. The van der Waals surface area contributed by atoms with E-state index in [-0.39, 0.29) is 24.7 Å². The lowest BCUT2D eigenvalue weighted by molar-refractivity contribution is -0.129. The maximum atomic E-state index is 13.1. The van der Waals surface area contributed by atoms with Crippen molar-refractivity contribution in [3.63, 3.8) is 0 Å². The third kappa shape index (κ3) is 10.7. The van der Waals surface area contributed by atoms with E-state index in [0.29, 0.717) is 38.1 Å². The summed E-state index contributed by atoms with van der Waals surface area (Å²) in [5.41, 5.74) is 2.38. The number of carbonyl (C=O) groups is 2. The molecule has 7 nitrogen and oxygen atoms in total. The molecule has 2 atom stereocenters. The number of amides is 2. The van der Waals surface area contributed by atoms with E-state index in [9.17, 15) is 23.9 Å². The van der Waals surface area contributed by atoms with Gasteiger partial charge in [0.15, 0.2) is 0 Å². The largest absolute Gasteiger partial charge is 0.354 e. The number of carbonyl (C=O) groups excluding carboxylic acids is 2. The fourth-order valence-corrected chi connectivity index (χ4v) is 6.15. The molecule has 1 aliphatic carbocycles. The topological polar surface area (TPSA) is 116 Å². The smallest absolute Gasteiger partial charge is 0.328 e. The van der Waals surface area contributed by atoms with Crippen LogP contribution < -0.4 is 10.6 Å². The minimum atomic E-state index is -4.36. The highest BCUT2D eigenvalue weighted by molar-refractivity contribution is 7.52. The van der Waals surface area contributed by atoms with Crippen molar-refractivity contribution in [2.24, 2.45) is 5.92 Å². The van der Waals surface area contributed by atoms with Crippen LogP contribution in [0.15, 0.2) is 54.6 Å².